The third-order valence-electron chi connectivity index (χ3n) is 5.65. The van der Waals surface area contributed by atoms with Crippen LogP contribution in [0.15, 0.2) is 24.3 Å². The van der Waals surface area contributed by atoms with Gasteiger partial charge in [-0.1, -0.05) is 44.2 Å². The zero-order valence-corrected chi connectivity index (χ0v) is 15.7. The molecule has 0 radical (unpaired) electrons. The Morgan fingerprint density at radius 2 is 1.92 bits per heavy atom. The Hall–Kier alpha value is -2.04. The van der Waals surface area contributed by atoms with Crippen molar-refractivity contribution in [3.63, 3.8) is 0 Å². The fraction of sp³-hybridized carbons (Fsp3) is 0.619. The van der Waals surface area contributed by atoms with Crippen molar-refractivity contribution in [1.29, 1.82) is 0 Å². The Bertz CT molecular complexity index is 623. The van der Waals surface area contributed by atoms with Crippen LogP contribution in [0.1, 0.15) is 56.9 Å². The van der Waals surface area contributed by atoms with Gasteiger partial charge in [0.25, 0.3) is 0 Å². The van der Waals surface area contributed by atoms with E-state index >= 15 is 0 Å². The molecule has 1 aliphatic heterocycles. The molecule has 0 unspecified atom stereocenters. The van der Waals surface area contributed by atoms with E-state index in [0.717, 1.165) is 24.2 Å². The summed E-state index contributed by atoms with van der Waals surface area (Å²) in [5.74, 6) is 0.688. The average Bonchev–Trinajstić information content (AvgIpc) is 3.01. The molecule has 26 heavy (non-hydrogen) atoms. The Labute approximate surface area is 156 Å². The van der Waals surface area contributed by atoms with Crippen molar-refractivity contribution in [2.24, 2.45) is 5.92 Å². The van der Waals surface area contributed by atoms with Crippen molar-refractivity contribution >= 4 is 11.8 Å². The van der Waals surface area contributed by atoms with Gasteiger partial charge in [-0.25, -0.2) is 0 Å². The van der Waals surface area contributed by atoms with Crippen LogP contribution in [0.3, 0.4) is 0 Å². The van der Waals surface area contributed by atoms with Crippen molar-refractivity contribution in [1.82, 2.24) is 10.2 Å². The normalized spacial score (nSPS) is 22.0. The molecule has 1 atom stereocenters. The summed E-state index contributed by atoms with van der Waals surface area (Å²) in [4.78, 5) is 27.0. The number of nitrogens with one attached hydrogen (secondary N) is 1. The van der Waals surface area contributed by atoms with Crippen LogP contribution >= 0.6 is 0 Å². The molecule has 5 heteroatoms. The van der Waals surface area contributed by atoms with E-state index < -0.39 is 0 Å². The predicted molar refractivity (Wildman–Crippen MR) is 101 cm³/mol. The number of carbonyl (C=O) groups excluding carboxylic acids is 2. The number of benzene rings is 1. The Morgan fingerprint density at radius 1 is 1.19 bits per heavy atom. The number of carbonyl (C=O) groups is 2. The number of ether oxygens (including phenoxy) is 1. The summed E-state index contributed by atoms with van der Waals surface area (Å²) in [5, 5.41) is 2.99. The standard InChI is InChI=1S/C21H30N2O3/c1-26-19-11-7-8-16(12-19)14-22-21(25)17-13-20(24)23(15-17)18-9-5-3-2-4-6-10-18/h7-8,11-12,17-18H,2-6,9-10,13-15H2,1H3,(H,22,25)/t17-/m0/s1. The maximum atomic E-state index is 12.5. The highest BCUT2D eigenvalue weighted by Crippen LogP contribution is 2.27. The van der Waals surface area contributed by atoms with E-state index in [2.05, 4.69) is 5.32 Å². The molecule has 1 aromatic carbocycles. The number of likely N-dealkylation sites (tertiary alicyclic amines) is 1. The third-order valence-corrected chi connectivity index (χ3v) is 5.65. The maximum absolute atomic E-state index is 12.5. The lowest BCUT2D eigenvalue weighted by Crippen LogP contribution is -2.38. The molecule has 0 spiro atoms. The van der Waals surface area contributed by atoms with Crippen LogP contribution in [0, 0.1) is 5.92 Å². The third kappa shape index (κ3) is 4.77. The van der Waals surface area contributed by atoms with E-state index in [4.69, 9.17) is 4.74 Å². The second-order valence-corrected chi connectivity index (χ2v) is 7.52. The first-order chi connectivity index (χ1) is 12.7. The molecule has 1 saturated heterocycles. The summed E-state index contributed by atoms with van der Waals surface area (Å²) in [6.45, 7) is 1.04. The Kier molecular flexibility index (Phi) is 6.53. The van der Waals surface area contributed by atoms with Crippen LogP contribution in [0.2, 0.25) is 0 Å². The second kappa shape index (κ2) is 9.06. The molecule has 1 N–H and O–H groups in total. The van der Waals surface area contributed by atoms with Gasteiger partial charge in [0.1, 0.15) is 5.75 Å². The van der Waals surface area contributed by atoms with Crippen LogP contribution < -0.4 is 10.1 Å². The summed E-state index contributed by atoms with van der Waals surface area (Å²) < 4.78 is 5.21. The largest absolute Gasteiger partial charge is 0.497 e. The van der Waals surface area contributed by atoms with Gasteiger partial charge in [0.15, 0.2) is 0 Å². The number of amides is 2. The molecular weight excluding hydrogens is 328 g/mol. The van der Waals surface area contributed by atoms with E-state index in [9.17, 15) is 9.59 Å². The first kappa shape index (κ1) is 18.7. The van der Waals surface area contributed by atoms with E-state index in [-0.39, 0.29) is 17.7 Å². The highest BCUT2D eigenvalue weighted by Gasteiger charge is 2.37. The number of hydrogen-bond donors (Lipinski definition) is 1. The molecule has 1 aliphatic carbocycles. The molecule has 1 heterocycles. The van der Waals surface area contributed by atoms with Gasteiger partial charge < -0.3 is 15.0 Å². The maximum Gasteiger partial charge on any atom is 0.225 e. The fourth-order valence-electron chi connectivity index (χ4n) is 4.12. The molecule has 5 nitrogen and oxygen atoms in total. The summed E-state index contributed by atoms with van der Waals surface area (Å²) in [7, 11) is 1.63. The minimum atomic E-state index is -0.224. The highest BCUT2D eigenvalue weighted by atomic mass is 16.5. The average molecular weight is 358 g/mol. The molecule has 2 amide bonds. The quantitative estimate of drug-likeness (QED) is 0.879. The second-order valence-electron chi connectivity index (χ2n) is 7.52. The fourth-order valence-corrected chi connectivity index (χ4v) is 4.12. The summed E-state index contributed by atoms with van der Waals surface area (Å²) in [6, 6.07) is 8.01. The first-order valence-corrected chi connectivity index (χ1v) is 9.87. The van der Waals surface area contributed by atoms with E-state index in [1.165, 1.54) is 32.1 Å². The van der Waals surface area contributed by atoms with Crippen LogP contribution in [-0.4, -0.2) is 36.4 Å². The van der Waals surface area contributed by atoms with E-state index in [1.807, 2.05) is 29.2 Å². The van der Waals surface area contributed by atoms with Crippen LogP contribution in [-0.2, 0) is 16.1 Å². The van der Waals surface area contributed by atoms with Crippen molar-refractivity contribution < 1.29 is 14.3 Å². The summed E-state index contributed by atoms with van der Waals surface area (Å²) in [6.07, 6.45) is 8.76. The van der Waals surface area contributed by atoms with Gasteiger partial charge in [-0.2, -0.15) is 0 Å². The number of rotatable bonds is 5. The molecule has 3 rings (SSSR count). The zero-order chi connectivity index (χ0) is 18.4. The van der Waals surface area contributed by atoms with Crippen LogP contribution in [0.5, 0.6) is 5.75 Å². The Morgan fingerprint density at radius 3 is 2.65 bits per heavy atom. The minimum Gasteiger partial charge on any atom is -0.497 e. The van der Waals surface area contributed by atoms with Crippen molar-refractivity contribution in [3.8, 4) is 5.75 Å². The molecule has 2 aliphatic rings. The molecule has 1 aromatic rings. The topological polar surface area (TPSA) is 58.6 Å². The van der Waals surface area contributed by atoms with Gasteiger partial charge in [-0.3, -0.25) is 9.59 Å². The summed E-state index contributed by atoms with van der Waals surface area (Å²) in [5.41, 5.74) is 0.999. The van der Waals surface area contributed by atoms with Crippen molar-refractivity contribution in [2.45, 2.75) is 64.0 Å². The lowest BCUT2D eigenvalue weighted by atomic mass is 9.96. The SMILES string of the molecule is COc1cccc(CNC(=O)[C@H]2CC(=O)N(C3CCCCCCC3)C2)c1. The smallest absolute Gasteiger partial charge is 0.225 e. The van der Waals surface area contributed by atoms with Gasteiger partial charge >= 0.3 is 0 Å². The van der Waals surface area contributed by atoms with Crippen molar-refractivity contribution in [3.05, 3.63) is 29.8 Å². The number of nitrogens with zero attached hydrogens (tertiary/aromatic N) is 1. The number of hydrogen-bond acceptors (Lipinski definition) is 3. The Balaban J connectivity index is 1.52. The van der Waals surface area contributed by atoms with Crippen molar-refractivity contribution in [2.75, 3.05) is 13.7 Å². The van der Waals surface area contributed by atoms with Gasteiger partial charge in [0.05, 0.1) is 13.0 Å². The van der Waals surface area contributed by atoms with Gasteiger partial charge in [-0.15, -0.1) is 0 Å². The van der Waals surface area contributed by atoms with E-state index in [0.29, 0.717) is 25.6 Å². The number of methoxy groups -OCH3 is 1. The van der Waals surface area contributed by atoms with Crippen LogP contribution in [0.25, 0.3) is 0 Å². The lowest BCUT2D eigenvalue weighted by Gasteiger charge is -2.29. The molecule has 142 valence electrons. The molecule has 1 saturated carbocycles. The molecule has 0 bridgehead atoms. The first-order valence-electron chi connectivity index (χ1n) is 9.87. The molecule has 2 fully saturated rings. The monoisotopic (exact) mass is 358 g/mol. The minimum absolute atomic E-state index is 0.0190. The van der Waals surface area contributed by atoms with Gasteiger partial charge in [-0.05, 0) is 30.5 Å². The molecule has 0 aromatic heterocycles. The predicted octanol–water partition coefficient (Wildman–Crippen LogP) is 3.27. The van der Waals surface area contributed by atoms with Gasteiger partial charge in [0, 0.05) is 25.6 Å². The molecular formula is C21H30N2O3. The summed E-state index contributed by atoms with van der Waals surface area (Å²) >= 11 is 0. The van der Waals surface area contributed by atoms with Crippen LogP contribution in [0.4, 0.5) is 0 Å². The lowest BCUT2D eigenvalue weighted by molar-refractivity contribution is -0.130. The van der Waals surface area contributed by atoms with E-state index in [1.54, 1.807) is 7.11 Å². The highest BCUT2D eigenvalue weighted by molar-refractivity contribution is 5.89. The zero-order valence-electron chi connectivity index (χ0n) is 15.7. The van der Waals surface area contributed by atoms with Gasteiger partial charge in [0.2, 0.25) is 11.8 Å².